The van der Waals surface area contributed by atoms with Crippen molar-refractivity contribution in [3.8, 4) is 0 Å². The molecule has 0 fully saturated rings. The van der Waals surface area contributed by atoms with E-state index >= 15 is 0 Å². The van der Waals surface area contributed by atoms with Crippen molar-refractivity contribution in [1.29, 1.82) is 0 Å². The van der Waals surface area contributed by atoms with E-state index in [1.807, 2.05) is 0 Å². The molecule has 0 atom stereocenters. The molecule has 2 N–H and O–H groups in total. The molecule has 0 saturated heterocycles. The standard InChI is InChI=1S/C20H26N4O4/c1-15(17-9-7-13-27-17)21-23-19(25)11-5-3-4-6-12-20(26)24-22-16(2)18-10-8-14-28-18/h7-10,13-14H,3-6,11-12H2,1-2H3,(H,23,25)(H,24,26). The predicted octanol–water partition coefficient (Wildman–Crippen LogP) is 3.59. The van der Waals surface area contributed by atoms with E-state index in [0.717, 1.165) is 25.7 Å². The largest absolute Gasteiger partial charge is 0.463 e. The SMILES string of the molecule is CC(=NNC(=O)CCCCCCC(=O)NN=C(C)c1ccco1)c1ccco1. The van der Waals surface area contributed by atoms with E-state index in [1.54, 1.807) is 50.6 Å². The van der Waals surface area contributed by atoms with E-state index in [-0.39, 0.29) is 11.8 Å². The molecule has 2 aromatic rings. The summed E-state index contributed by atoms with van der Waals surface area (Å²) < 4.78 is 10.4. The van der Waals surface area contributed by atoms with Gasteiger partial charge >= 0.3 is 0 Å². The minimum absolute atomic E-state index is 0.133. The van der Waals surface area contributed by atoms with Gasteiger partial charge < -0.3 is 8.83 Å². The van der Waals surface area contributed by atoms with E-state index in [4.69, 9.17) is 8.83 Å². The maximum Gasteiger partial charge on any atom is 0.240 e. The summed E-state index contributed by atoms with van der Waals surface area (Å²) in [7, 11) is 0. The minimum Gasteiger partial charge on any atom is -0.463 e. The zero-order valence-electron chi connectivity index (χ0n) is 16.2. The monoisotopic (exact) mass is 386 g/mol. The number of unbranched alkanes of at least 4 members (excludes halogenated alkanes) is 3. The van der Waals surface area contributed by atoms with Crippen LogP contribution in [0.4, 0.5) is 0 Å². The van der Waals surface area contributed by atoms with Crippen LogP contribution >= 0.6 is 0 Å². The number of rotatable bonds is 11. The molecule has 28 heavy (non-hydrogen) atoms. The fraction of sp³-hybridized carbons (Fsp3) is 0.400. The van der Waals surface area contributed by atoms with Crippen molar-refractivity contribution in [2.75, 3.05) is 0 Å². The molecule has 150 valence electrons. The van der Waals surface area contributed by atoms with Crippen molar-refractivity contribution >= 4 is 23.2 Å². The van der Waals surface area contributed by atoms with Crippen LogP contribution in [0.1, 0.15) is 63.9 Å². The Labute approximate surface area is 164 Å². The number of hydrazone groups is 2. The molecule has 0 aliphatic heterocycles. The van der Waals surface area contributed by atoms with Gasteiger partial charge in [0, 0.05) is 12.8 Å². The highest BCUT2D eigenvalue weighted by Gasteiger charge is 2.05. The Kier molecular flexibility index (Phi) is 8.71. The van der Waals surface area contributed by atoms with Crippen LogP contribution in [0.15, 0.2) is 55.8 Å². The molecule has 0 aliphatic carbocycles. The van der Waals surface area contributed by atoms with Crippen molar-refractivity contribution in [3.63, 3.8) is 0 Å². The van der Waals surface area contributed by atoms with Gasteiger partial charge in [0.15, 0.2) is 0 Å². The van der Waals surface area contributed by atoms with Crippen molar-refractivity contribution in [2.24, 2.45) is 10.2 Å². The molecule has 8 nitrogen and oxygen atoms in total. The first-order chi connectivity index (χ1) is 13.6. The zero-order chi connectivity index (χ0) is 20.2. The van der Waals surface area contributed by atoms with E-state index in [0.29, 0.717) is 35.8 Å². The van der Waals surface area contributed by atoms with Crippen molar-refractivity contribution < 1.29 is 18.4 Å². The molecule has 0 aliphatic rings. The van der Waals surface area contributed by atoms with Gasteiger partial charge in [-0.1, -0.05) is 12.8 Å². The second-order valence-corrected chi connectivity index (χ2v) is 6.33. The van der Waals surface area contributed by atoms with Crippen LogP contribution in [0.25, 0.3) is 0 Å². The Morgan fingerprint density at radius 2 is 1.21 bits per heavy atom. The lowest BCUT2D eigenvalue weighted by molar-refractivity contribution is -0.122. The van der Waals surface area contributed by atoms with Crippen molar-refractivity contribution in [3.05, 3.63) is 48.3 Å². The van der Waals surface area contributed by atoms with Crippen LogP contribution in [-0.4, -0.2) is 23.2 Å². The van der Waals surface area contributed by atoms with Crippen LogP contribution in [0.3, 0.4) is 0 Å². The molecular formula is C20H26N4O4. The number of hydrogen-bond donors (Lipinski definition) is 2. The third-order valence-electron chi connectivity index (χ3n) is 4.01. The summed E-state index contributed by atoms with van der Waals surface area (Å²) in [6.45, 7) is 3.54. The summed E-state index contributed by atoms with van der Waals surface area (Å²) in [6, 6.07) is 7.10. The van der Waals surface area contributed by atoms with Gasteiger partial charge in [-0.25, -0.2) is 10.9 Å². The Morgan fingerprint density at radius 3 is 1.57 bits per heavy atom. The normalized spacial score (nSPS) is 12.1. The van der Waals surface area contributed by atoms with Crippen LogP contribution in [0, 0.1) is 0 Å². The first-order valence-corrected chi connectivity index (χ1v) is 9.30. The molecule has 2 amide bonds. The quantitative estimate of drug-likeness (QED) is 0.349. The summed E-state index contributed by atoms with van der Waals surface area (Å²) in [6.07, 6.45) is 7.15. The molecule has 8 heteroatoms. The van der Waals surface area contributed by atoms with Crippen LogP contribution in [-0.2, 0) is 9.59 Å². The molecule has 2 aromatic heterocycles. The lowest BCUT2D eigenvalue weighted by Crippen LogP contribution is -2.19. The van der Waals surface area contributed by atoms with Gasteiger partial charge in [-0.15, -0.1) is 0 Å². The summed E-state index contributed by atoms with van der Waals surface area (Å²) in [5.74, 6) is 0.988. The lowest BCUT2D eigenvalue weighted by atomic mass is 10.1. The number of furan rings is 2. The van der Waals surface area contributed by atoms with Gasteiger partial charge in [0.2, 0.25) is 11.8 Å². The topological polar surface area (TPSA) is 109 Å². The van der Waals surface area contributed by atoms with Crippen LogP contribution < -0.4 is 10.9 Å². The Hall–Kier alpha value is -3.16. The van der Waals surface area contributed by atoms with Gasteiger partial charge in [0.1, 0.15) is 22.9 Å². The second kappa shape index (κ2) is 11.5. The van der Waals surface area contributed by atoms with E-state index in [9.17, 15) is 9.59 Å². The highest BCUT2D eigenvalue weighted by Crippen LogP contribution is 2.06. The third-order valence-corrected chi connectivity index (χ3v) is 4.01. The Bertz CT molecular complexity index is 724. The van der Waals surface area contributed by atoms with Crippen LogP contribution in [0.5, 0.6) is 0 Å². The molecular weight excluding hydrogens is 360 g/mol. The number of nitrogens with one attached hydrogen (secondary N) is 2. The number of hydrogen-bond acceptors (Lipinski definition) is 6. The number of nitrogens with zero attached hydrogens (tertiary/aromatic N) is 2. The number of carbonyl (C=O) groups is 2. The van der Waals surface area contributed by atoms with Gasteiger partial charge in [0.25, 0.3) is 0 Å². The molecule has 0 spiro atoms. The fourth-order valence-electron chi connectivity index (χ4n) is 2.41. The summed E-state index contributed by atoms with van der Waals surface area (Å²) >= 11 is 0. The average Bonchev–Trinajstić information content (AvgIpc) is 3.40. The zero-order valence-corrected chi connectivity index (χ0v) is 16.2. The summed E-state index contributed by atoms with van der Waals surface area (Å²) in [5, 5.41) is 8.02. The fourth-order valence-corrected chi connectivity index (χ4v) is 2.41. The summed E-state index contributed by atoms with van der Waals surface area (Å²) in [4.78, 5) is 23.5. The molecule has 0 aromatic carbocycles. The second-order valence-electron chi connectivity index (χ2n) is 6.33. The van der Waals surface area contributed by atoms with E-state index in [2.05, 4.69) is 21.1 Å². The van der Waals surface area contributed by atoms with Crippen molar-refractivity contribution in [2.45, 2.75) is 52.4 Å². The van der Waals surface area contributed by atoms with Gasteiger partial charge in [0.05, 0.1) is 12.5 Å². The Morgan fingerprint density at radius 1 is 0.786 bits per heavy atom. The van der Waals surface area contributed by atoms with E-state index < -0.39 is 0 Å². The molecule has 0 saturated carbocycles. The lowest BCUT2D eigenvalue weighted by Gasteiger charge is -2.03. The first-order valence-electron chi connectivity index (χ1n) is 9.30. The minimum atomic E-state index is -0.133. The molecule has 0 unspecified atom stereocenters. The smallest absolute Gasteiger partial charge is 0.240 e. The molecule has 0 radical (unpaired) electrons. The van der Waals surface area contributed by atoms with E-state index in [1.165, 1.54) is 0 Å². The average molecular weight is 386 g/mol. The predicted molar refractivity (Wildman–Crippen MR) is 106 cm³/mol. The number of carbonyl (C=O) groups excluding carboxylic acids is 2. The number of amides is 2. The van der Waals surface area contributed by atoms with Crippen molar-refractivity contribution in [1.82, 2.24) is 10.9 Å². The maximum absolute atomic E-state index is 11.8. The van der Waals surface area contributed by atoms with Gasteiger partial charge in [-0.05, 0) is 51.0 Å². The summed E-state index contributed by atoms with van der Waals surface area (Å²) in [5.41, 5.74) is 6.28. The van der Waals surface area contributed by atoms with Gasteiger partial charge in [-0.2, -0.15) is 10.2 Å². The maximum atomic E-state index is 11.8. The first kappa shape index (κ1) is 21.1. The molecule has 2 rings (SSSR count). The third kappa shape index (κ3) is 7.61. The highest BCUT2D eigenvalue weighted by molar-refractivity contribution is 5.97. The highest BCUT2D eigenvalue weighted by atomic mass is 16.3. The Balaban J connectivity index is 1.52. The molecule has 2 heterocycles. The molecule has 0 bridgehead atoms. The van der Waals surface area contributed by atoms with Gasteiger partial charge in [-0.3, -0.25) is 9.59 Å². The van der Waals surface area contributed by atoms with Crippen LogP contribution in [0.2, 0.25) is 0 Å².